The van der Waals surface area contributed by atoms with E-state index in [4.69, 9.17) is 0 Å². The summed E-state index contributed by atoms with van der Waals surface area (Å²) in [5.74, 6) is 0.167. The van der Waals surface area contributed by atoms with Gasteiger partial charge in [0.2, 0.25) is 0 Å². The van der Waals surface area contributed by atoms with Crippen LogP contribution in [0.2, 0.25) is 0 Å². The molecule has 0 amide bonds. The molecule has 0 aromatic heterocycles. The van der Waals surface area contributed by atoms with Crippen LogP contribution in [0, 0.1) is 0 Å². The second-order valence-electron chi connectivity index (χ2n) is 3.07. The van der Waals surface area contributed by atoms with Crippen LogP contribution in [0.25, 0.3) is 0 Å². The van der Waals surface area contributed by atoms with Crippen molar-refractivity contribution >= 4 is 17.5 Å². The normalized spacial score (nSPS) is 5.44. The monoisotopic (exact) mass is 289 g/mol. The molecule has 0 saturated carbocycles. The molecule has 0 fully saturated rings. The van der Waals surface area contributed by atoms with E-state index >= 15 is 0 Å². The van der Waals surface area contributed by atoms with Gasteiger partial charge < -0.3 is 14.4 Å². The minimum absolute atomic E-state index is 0. The van der Waals surface area contributed by atoms with E-state index in [1.54, 1.807) is 26.0 Å². The predicted octanol–water partition coefficient (Wildman–Crippen LogP) is 4.56. The molecule has 0 aromatic carbocycles. The molecule has 0 aromatic rings. The fraction of sp³-hybridized carbons (Fsp3) is 0.929. The SMILES string of the molecule is C.C.C.C.CC(C)=O.CN(C)C.COC.CSC. The number of rotatable bonds is 0. The molecular formula is C14H43NO2S. The fourth-order valence-electron chi connectivity index (χ4n) is 0. The molecule has 3 nitrogen and oxygen atoms in total. The van der Waals surface area contributed by atoms with Crippen LogP contribution in [-0.4, -0.2) is 58.6 Å². The predicted molar refractivity (Wildman–Crippen MR) is 95.3 cm³/mol. The smallest absolute Gasteiger partial charge is 0.126 e. The highest BCUT2D eigenvalue weighted by Crippen LogP contribution is 1.70. The van der Waals surface area contributed by atoms with E-state index in [0.29, 0.717) is 0 Å². The Morgan fingerprint density at radius 2 is 0.889 bits per heavy atom. The van der Waals surface area contributed by atoms with Gasteiger partial charge in [-0.15, -0.1) is 0 Å². The zero-order valence-electron chi connectivity index (χ0n) is 11.2. The number of ether oxygens (including phenoxy) is 1. The zero-order chi connectivity index (χ0) is 12.6. The van der Waals surface area contributed by atoms with Crippen molar-refractivity contribution in [1.29, 1.82) is 0 Å². The van der Waals surface area contributed by atoms with Crippen LogP contribution in [-0.2, 0) is 9.53 Å². The molecule has 18 heavy (non-hydrogen) atoms. The number of ketones is 1. The lowest BCUT2D eigenvalue weighted by atomic mass is 10.6. The zero-order valence-corrected chi connectivity index (χ0v) is 12.0. The summed E-state index contributed by atoms with van der Waals surface area (Å²) >= 11 is 1.75. The molecule has 122 valence electrons. The Morgan fingerprint density at radius 1 is 0.889 bits per heavy atom. The highest BCUT2D eigenvalue weighted by atomic mass is 32.2. The minimum Gasteiger partial charge on any atom is -0.388 e. The number of hydrogen-bond donors (Lipinski definition) is 0. The highest BCUT2D eigenvalue weighted by molar-refractivity contribution is 7.97. The standard InChI is InChI=1S/C3H9N.C3H6O.C2H6O.C2H6S.4CH4/c1-4(2)3;1-3(2)4;2*1-3-2;;;;/h1-3H3;1-2H3;2*1-2H3;4*1H4. The first-order chi connectivity index (χ1) is 6.29. The van der Waals surface area contributed by atoms with Gasteiger partial charge in [-0.1, -0.05) is 29.7 Å². The van der Waals surface area contributed by atoms with Crippen LogP contribution in [0.15, 0.2) is 0 Å². The van der Waals surface area contributed by atoms with Crippen molar-refractivity contribution < 1.29 is 9.53 Å². The van der Waals surface area contributed by atoms with Gasteiger partial charge >= 0.3 is 0 Å². The van der Waals surface area contributed by atoms with Gasteiger partial charge in [-0.2, -0.15) is 11.8 Å². The lowest BCUT2D eigenvalue weighted by Gasteiger charge is -1.90. The number of Topliss-reactive ketones (excluding diaryl/α,β-unsaturated/α-hetero) is 1. The second kappa shape index (κ2) is 68.3. The molecule has 0 unspecified atom stereocenters. The summed E-state index contributed by atoms with van der Waals surface area (Å²) in [6.45, 7) is 3.06. The fourth-order valence-corrected chi connectivity index (χ4v) is 0. The highest BCUT2D eigenvalue weighted by Gasteiger charge is 1.62. The Bertz CT molecular complexity index is 81.1. The number of carbonyl (C=O) groups is 1. The summed E-state index contributed by atoms with van der Waals surface area (Å²) in [7, 11) is 9.25. The molecule has 0 radical (unpaired) electrons. The Hall–Kier alpha value is -0.0600. The lowest BCUT2D eigenvalue weighted by Crippen LogP contribution is -1.99. The van der Waals surface area contributed by atoms with Crippen LogP contribution >= 0.6 is 11.8 Å². The Kier molecular flexibility index (Phi) is 198. The quantitative estimate of drug-likeness (QED) is 0.654. The second-order valence-corrected chi connectivity index (χ2v) is 3.88. The van der Waals surface area contributed by atoms with Crippen molar-refractivity contribution in [3.63, 3.8) is 0 Å². The largest absolute Gasteiger partial charge is 0.388 e. The van der Waals surface area contributed by atoms with Crippen molar-refractivity contribution in [2.45, 2.75) is 43.6 Å². The summed E-state index contributed by atoms with van der Waals surface area (Å²) in [5, 5.41) is 0. The molecule has 0 bridgehead atoms. The van der Waals surface area contributed by atoms with Crippen molar-refractivity contribution in [1.82, 2.24) is 4.90 Å². The first kappa shape index (κ1) is 52.1. The van der Waals surface area contributed by atoms with E-state index in [1.807, 2.05) is 38.6 Å². The third-order valence-corrected chi connectivity index (χ3v) is 0. The van der Waals surface area contributed by atoms with Crippen LogP contribution in [0.3, 0.4) is 0 Å². The third kappa shape index (κ3) is 988000. The van der Waals surface area contributed by atoms with Crippen molar-refractivity contribution in [2.75, 3.05) is 47.9 Å². The van der Waals surface area contributed by atoms with Gasteiger partial charge in [0.15, 0.2) is 0 Å². The maximum Gasteiger partial charge on any atom is 0.126 e. The van der Waals surface area contributed by atoms with Crippen LogP contribution in [0.5, 0.6) is 0 Å². The Labute approximate surface area is 124 Å². The summed E-state index contributed by atoms with van der Waals surface area (Å²) in [5.41, 5.74) is 0. The molecule has 4 heteroatoms. The average molecular weight is 290 g/mol. The molecule has 0 saturated heterocycles. The number of thioether (sulfide) groups is 1. The molecular weight excluding hydrogens is 246 g/mol. The number of methoxy groups -OCH3 is 1. The summed E-state index contributed by atoms with van der Waals surface area (Å²) in [6, 6.07) is 0. The number of carbonyl (C=O) groups excluding carboxylic acids is 1. The lowest BCUT2D eigenvalue weighted by molar-refractivity contribution is -0.114. The Balaban J connectivity index is -0.0000000116. The van der Waals surface area contributed by atoms with Gasteiger partial charge in [-0.05, 0) is 47.5 Å². The van der Waals surface area contributed by atoms with Crippen molar-refractivity contribution in [2.24, 2.45) is 0 Å². The molecule has 0 aliphatic heterocycles. The number of nitrogens with zero attached hydrogens (tertiary/aromatic N) is 1. The molecule has 0 N–H and O–H groups in total. The maximum absolute atomic E-state index is 9.44. The summed E-state index contributed by atoms with van der Waals surface area (Å²) in [4.78, 5) is 11.4. The summed E-state index contributed by atoms with van der Waals surface area (Å²) < 4.78 is 4.25. The molecule has 0 heterocycles. The van der Waals surface area contributed by atoms with Crippen molar-refractivity contribution in [3.05, 3.63) is 0 Å². The molecule has 0 aliphatic carbocycles. The maximum atomic E-state index is 9.44. The molecule has 0 spiro atoms. The van der Waals surface area contributed by atoms with E-state index < -0.39 is 0 Å². The average Bonchev–Trinajstić information content (AvgIpc) is 1.85. The summed E-state index contributed by atoms with van der Waals surface area (Å²) in [6.07, 6.45) is 4.08. The minimum atomic E-state index is 0. The van der Waals surface area contributed by atoms with Crippen LogP contribution in [0.4, 0.5) is 0 Å². The van der Waals surface area contributed by atoms with Gasteiger partial charge in [0.05, 0.1) is 0 Å². The third-order valence-electron chi connectivity index (χ3n) is 0. The molecule has 0 aliphatic rings. The van der Waals surface area contributed by atoms with Gasteiger partial charge in [0, 0.05) is 14.2 Å². The van der Waals surface area contributed by atoms with Crippen LogP contribution < -0.4 is 0 Å². The van der Waals surface area contributed by atoms with E-state index in [2.05, 4.69) is 4.74 Å². The first-order valence-electron chi connectivity index (χ1n) is 4.18. The van der Waals surface area contributed by atoms with Gasteiger partial charge in [-0.3, -0.25) is 0 Å². The van der Waals surface area contributed by atoms with Gasteiger partial charge in [0.1, 0.15) is 5.78 Å². The van der Waals surface area contributed by atoms with E-state index in [-0.39, 0.29) is 35.5 Å². The molecule has 0 rings (SSSR count). The Morgan fingerprint density at radius 3 is 0.889 bits per heavy atom. The van der Waals surface area contributed by atoms with E-state index in [9.17, 15) is 4.79 Å². The van der Waals surface area contributed by atoms with Gasteiger partial charge in [0.25, 0.3) is 0 Å². The topological polar surface area (TPSA) is 29.5 Å². The first-order valence-corrected chi connectivity index (χ1v) is 5.81. The van der Waals surface area contributed by atoms with Crippen LogP contribution in [0.1, 0.15) is 43.6 Å². The van der Waals surface area contributed by atoms with Crippen molar-refractivity contribution in [3.8, 4) is 0 Å². The van der Waals surface area contributed by atoms with Gasteiger partial charge in [-0.25, -0.2) is 0 Å². The van der Waals surface area contributed by atoms with E-state index in [0.717, 1.165) is 0 Å². The number of hydrogen-bond acceptors (Lipinski definition) is 4. The molecule has 0 atom stereocenters. The van der Waals surface area contributed by atoms with E-state index in [1.165, 1.54) is 13.8 Å².